The standard InChI is InChI=1S/C15H19F3N2O2/c1-2-8-22-12-5-3-4-11(9-12)19-13-6-7-20(14(13)21)10-15(16,17)18/h3-5,9,13,19H,2,6-8,10H2,1H3. The molecule has 0 radical (unpaired) electrons. The summed E-state index contributed by atoms with van der Waals surface area (Å²) in [6.07, 6.45) is -3.13. The van der Waals surface area contributed by atoms with Gasteiger partial charge in [0.15, 0.2) is 0 Å². The molecule has 0 saturated carbocycles. The molecule has 1 saturated heterocycles. The second-order valence-corrected chi connectivity index (χ2v) is 5.24. The zero-order valence-corrected chi connectivity index (χ0v) is 12.3. The maximum Gasteiger partial charge on any atom is 0.406 e. The molecule has 1 amide bonds. The Bertz CT molecular complexity index is 520. The zero-order chi connectivity index (χ0) is 16.2. The van der Waals surface area contributed by atoms with Crippen molar-refractivity contribution in [3.8, 4) is 5.75 Å². The van der Waals surface area contributed by atoms with Crippen LogP contribution in [0.1, 0.15) is 19.8 Å². The molecule has 7 heteroatoms. The number of ether oxygens (including phenoxy) is 1. The predicted octanol–water partition coefficient (Wildman–Crippen LogP) is 3.05. The molecule has 22 heavy (non-hydrogen) atoms. The Balaban J connectivity index is 1.95. The van der Waals surface area contributed by atoms with Crippen molar-refractivity contribution in [3.05, 3.63) is 24.3 Å². The minimum atomic E-state index is -4.36. The van der Waals surface area contributed by atoms with Gasteiger partial charge in [0.1, 0.15) is 18.3 Å². The summed E-state index contributed by atoms with van der Waals surface area (Å²) in [5, 5.41) is 2.98. The Hall–Kier alpha value is -1.92. The van der Waals surface area contributed by atoms with Gasteiger partial charge in [-0.25, -0.2) is 0 Å². The van der Waals surface area contributed by atoms with Gasteiger partial charge in [0.25, 0.3) is 0 Å². The maximum absolute atomic E-state index is 12.4. The van der Waals surface area contributed by atoms with Gasteiger partial charge in [-0.2, -0.15) is 13.2 Å². The molecule has 1 atom stereocenters. The largest absolute Gasteiger partial charge is 0.494 e. The molecule has 1 N–H and O–H groups in total. The Morgan fingerprint density at radius 1 is 1.41 bits per heavy atom. The minimum absolute atomic E-state index is 0.113. The lowest BCUT2D eigenvalue weighted by Crippen LogP contribution is -2.39. The molecule has 1 aromatic carbocycles. The number of carbonyl (C=O) groups is 1. The summed E-state index contributed by atoms with van der Waals surface area (Å²) in [7, 11) is 0. The van der Waals surface area contributed by atoms with Gasteiger partial charge in [0.2, 0.25) is 5.91 Å². The van der Waals surface area contributed by atoms with E-state index in [0.29, 0.717) is 24.5 Å². The van der Waals surface area contributed by atoms with E-state index >= 15 is 0 Å². The van der Waals surface area contributed by atoms with E-state index in [1.165, 1.54) is 0 Å². The van der Waals surface area contributed by atoms with Crippen molar-refractivity contribution in [2.24, 2.45) is 0 Å². The van der Waals surface area contributed by atoms with E-state index in [-0.39, 0.29) is 6.54 Å². The van der Waals surface area contributed by atoms with Crippen molar-refractivity contribution in [3.63, 3.8) is 0 Å². The summed E-state index contributed by atoms with van der Waals surface area (Å²) in [6.45, 7) is 1.51. The van der Waals surface area contributed by atoms with Crippen LogP contribution in [0.2, 0.25) is 0 Å². The van der Waals surface area contributed by atoms with Crippen molar-refractivity contribution < 1.29 is 22.7 Å². The third-order valence-corrected chi connectivity index (χ3v) is 3.32. The van der Waals surface area contributed by atoms with Gasteiger partial charge in [-0.15, -0.1) is 0 Å². The number of amides is 1. The number of alkyl halides is 3. The fraction of sp³-hybridized carbons (Fsp3) is 0.533. The molecule has 2 rings (SSSR count). The summed E-state index contributed by atoms with van der Waals surface area (Å²) < 4.78 is 42.6. The summed E-state index contributed by atoms with van der Waals surface area (Å²) in [5.41, 5.74) is 0.667. The van der Waals surface area contributed by atoms with Crippen LogP contribution in [0.5, 0.6) is 5.75 Å². The van der Waals surface area contributed by atoms with E-state index in [9.17, 15) is 18.0 Å². The number of anilines is 1. The summed E-state index contributed by atoms with van der Waals surface area (Å²) in [4.78, 5) is 12.8. The zero-order valence-electron chi connectivity index (χ0n) is 12.3. The van der Waals surface area contributed by atoms with E-state index in [2.05, 4.69) is 5.32 Å². The SMILES string of the molecule is CCCOc1cccc(NC2CCN(CC(F)(F)F)C2=O)c1. The van der Waals surface area contributed by atoms with Gasteiger partial charge in [-0.1, -0.05) is 13.0 Å². The number of carbonyl (C=O) groups excluding carboxylic acids is 1. The predicted molar refractivity (Wildman–Crippen MR) is 76.9 cm³/mol. The van der Waals surface area contributed by atoms with Crippen LogP contribution in [0.4, 0.5) is 18.9 Å². The molecule has 1 heterocycles. The Kier molecular flexibility index (Phi) is 5.15. The monoisotopic (exact) mass is 316 g/mol. The molecule has 1 aromatic rings. The van der Waals surface area contributed by atoms with Crippen LogP contribution in [-0.4, -0.2) is 42.7 Å². The van der Waals surface area contributed by atoms with Crippen LogP contribution >= 0.6 is 0 Å². The molecule has 0 spiro atoms. The van der Waals surface area contributed by atoms with Gasteiger partial charge in [-0.05, 0) is 25.0 Å². The highest BCUT2D eigenvalue weighted by molar-refractivity contribution is 5.86. The lowest BCUT2D eigenvalue weighted by molar-refractivity contribution is -0.157. The second-order valence-electron chi connectivity index (χ2n) is 5.24. The lowest BCUT2D eigenvalue weighted by Gasteiger charge is -2.19. The third-order valence-electron chi connectivity index (χ3n) is 3.32. The summed E-state index contributed by atoms with van der Waals surface area (Å²) >= 11 is 0. The fourth-order valence-electron chi connectivity index (χ4n) is 2.34. The summed E-state index contributed by atoms with van der Waals surface area (Å²) in [6, 6.07) is 6.46. The third kappa shape index (κ3) is 4.54. The Morgan fingerprint density at radius 2 is 2.18 bits per heavy atom. The van der Waals surface area contributed by atoms with Crippen molar-refractivity contribution in [2.75, 3.05) is 25.0 Å². The van der Waals surface area contributed by atoms with Gasteiger partial charge in [0, 0.05) is 18.3 Å². The van der Waals surface area contributed by atoms with E-state index in [1.807, 2.05) is 6.92 Å². The van der Waals surface area contributed by atoms with Crippen molar-refractivity contribution in [1.82, 2.24) is 4.90 Å². The highest BCUT2D eigenvalue weighted by atomic mass is 19.4. The van der Waals surface area contributed by atoms with Gasteiger partial charge < -0.3 is 15.0 Å². The fourth-order valence-corrected chi connectivity index (χ4v) is 2.34. The number of nitrogens with zero attached hydrogens (tertiary/aromatic N) is 1. The van der Waals surface area contributed by atoms with E-state index in [4.69, 9.17) is 4.74 Å². The molecule has 122 valence electrons. The average molecular weight is 316 g/mol. The average Bonchev–Trinajstić information content (AvgIpc) is 2.77. The molecule has 1 fully saturated rings. The maximum atomic E-state index is 12.4. The molecule has 1 aliphatic heterocycles. The number of rotatable bonds is 6. The van der Waals surface area contributed by atoms with Gasteiger partial charge in [0.05, 0.1) is 6.61 Å². The Labute approximate surface area is 127 Å². The Morgan fingerprint density at radius 3 is 2.86 bits per heavy atom. The lowest BCUT2D eigenvalue weighted by atomic mass is 10.2. The highest BCUT2D eigenvalue weighted by Crippen LogP contribution is 2.24. The molecule has 4 nitrogen and oxygen atoms in total. The first kappa shape index (κ1) is 16.5. The van der Waals surface area contributed by atoms with E-state index < -0.39 is 24.7 Å². The quantitative estimate of drug-likeness (QED) is 0.877. The first-order valence-electron chi connectivity index (χ1n) is 7.24. The van der Waals surface area contributed by atoms with Crippen molar-refractivity contribution in [1.29, 1.82) is 0 Å². The second kappa shape index (κ2) is 6.89. The van der Waals surface area contributed by atoms with Crippen LogP contribution in [0.15, 0.2) is 24.3 Å². The molecule has 0 aromatic heterocycles. The molecule has 0 aliphatic carbocycles. The molecular weight excluding hydrogens is 297 g/mol. The van der Waals surface area contributed by atoms with Crippen LogP contribution in [0.3, 0.4) is 0 Å². The first-order chi connectivity index (χ1) is 10.4. The van der Waals surface area contributed by atoms with Gasteiger partial charge >= 0.3 is 6.18 Å². The highest BCUT2D eigenvalue weighted by Gasteiger charge is 2.39. The van der Waals surface area contributed by atoms with Gasteiger partial charge in [-0.3, -0.25) is 4.79 Å². The molecule has 1 unspecified atom stereocenters. The first-order valence-corrected chi connectivity index (χ1v) is 7.24. The molecule has 1 aliphatic rings. The topological polar surface area (TPSA) is 41.6 Å². The van der Waals surface area contributed by atoms with Crippen molar-refractivity contribution in [2.45, 2.75) is 32.0 Å². The number of nitrogens with one attached hydrogen (secondary N) is 1. The molecule has 0 bridgehead atoms. The number of hydrogen-bond donors (Lipinski definition) is 1. The van der Waals surface area contributed by atoms with Crippen LogP contribution in [-0.2, 0) is 4.79 Å². The summed E-state index contributed by atoms with van der Waals surface area (Å²) in [5.74, 6) is 0.154. The number of benzene rings is 1. The number of likely N-dealkylation sites (tertiary alicyclic amines) is 1. The normalized spacial score (nSPS) is 18.6. The minimum Gasteiger partial charge on any atom is -0.494 e. The van der Waals surface area contributed by atoms with E-state index in [0.717, 1.165) is 11.3 Å². The number of halogens is 3. The van der Waals surface area contributed by atoms with Crippen LogP contribution in [0.25, 0.3) is 0 Å². The number of hydrogen-bond acceptors (Lipinski definition) is 3. The smallest absolute Gasteiger partial charge is 0.406 e. The van der Waals surface area contributed by atoms with Crippen molar-refractivity contribution >= 4 is 11.6 Å². The molecular formula is C15H19F3N2O2. The van der Waals surface area contributed by atoms with Crippen LogP contribution < -0.4 is 10.1 Å². The van der Waals surface area contributed by atoms with Crippen LogP contribution in [0, 0.1) is 0 Å². The van der Waals surface area contributed by atoms with E-state index in [1.54, 1.807) is 24.3 Å².